The number of nitrogens with zero attached hydrogens (tertiary/aromatic N) is 4. The second-order valence-corrected chi connectivity index (χ2v) is 9.13. The van der Waals surface area contributed by atoms with Gasteiger partial charge in [0.2, 0.25) is 0 Å². The first kappa shape index (κ1) is 22.3. The van der Waals surface area contributed by atoms with Crippen molar-refractivity contribution in [3.8, 4) is 5.69 Å². The third-order valence-corrected chi connectivity index (χ3v) is 6.72. The van der Waals surface area contributed by atoms with Crippen molar-refractivity contribution in [1.29, 1.82) is 0 Å². The average molecular weight is 448 g/mol. The van der Waals surface area contributed by atoms with Crippen LogP contribution in [0.25, 0.3) is 5.69 Å². The van der Waals surface area contributed by atoms with Crippen LogP contribution in [0.1, 0.15) is 54.5 Å². The largest absolute Gasteiger partial charge is 0.378 e. The Labute approximate surface area is 197 Å². The summed E-state index contributed by atoms with van der Waals surface area (Å²) in [5.41, 5.74) is 7.18. The Hall–Kier alpha value is -2.86. The Morgan fingerprint density at radius 1 is 1.09 bits per heavy atom. The first-order valence-electron chi connectivity index (χ1n) is 11.4. The standard InChI is InChI=1S/C26H33N5S/c1-6-7-16-30-25(24(28-26(30)32)23-10-8-9-15-27-23)22-17-18(2)31(19(22)3)21-13-11-20(12-14-21)29(4)5/h8-15,17,24-25H,6-7,16H2,1-5H3,(H,28,32)/t24-,25-/m1/s1. The van der Waals surface area contributed by atoms with Crippen LogP contribution in [0.3, 0.4) is 0 Å². The van der Waals surface area contributed by atoms with E-state index in [1.807, 2.05) is 12.3 Å². The Bertz CT molecular complexity index is 1070. The van der Waals surface area contributed by atoms with E-state index in [-0.39, 0.29) is 12.1 Å². The zero-order valence-electron chi connectivity index (χ0n) is 19.7. The SMILES string of the molecule is CCCCN1C(=S)N[C@H](c2ccccn2)[C@H]1c1cc(C)n(-c2ccc(N(C)C)cc2)c1C. The van der Waals surface area contributed by atoms with Crippen molar-refractivity contribution in [3.05, 3.63) is 77.4 Å². The number of pyridine rings is 1. The number of hydrogen-bond acceptors (Lipinski definition) is 3. The lowest BCUT2D eigenvalue weighted by atomic mass is 9.96. The molecule has 2 atom stereocenters. The molecule has 0 amide bonds. The molecule has 1 N–H and O–H groups in total. The second kappa shape index (κ2) is 9.33. The fourth-order valence-corrected chi connectivity index (χ4v) is 5.03. The van der Waals surface area contributed by atoms with E-state index in [9.17, 15) is 0 Å². The molecule has 1 fully saturated rings. The van der Waals surface area contributed by atoms with Crippen LogP contribution in [-0.4, -0.2) is 40.2 Å². The van der Waals surface area contributed by atoms with Gasteiger partial charge in [-0.3, -0.25) is 4.98 Å². The van der Waals surface area contributed by atoms with Crippen LogP contribution in [0.15, 0.2) is 54.7 Å². The topological polar surface area (TPSA) is 36.3 Å². The molecule has 6 heteroatoms. The number of thiocarbonyl (C=S) groups is 1. The molecule has 0 aliphatic carbocycles. The number of anilines is 1. The molecule has 0 radical (unpaired) electrons. The summed E-state index contributed by atoms with van der Waals surface area (Å²) in [6.45, 7) is 7.57. The van der Waals surface area contributed by atoms with Crippen molar-refractivity contribution in [1.82, 2.24) is 19.8 Å². The van der Waals surface area contributed by atoms with Gasteiger partial charge in [0.25, 0.3) is 0 Å². The number of hydrogen-bond donors (Lipinski definition) is 1. The number of nitrogens with one attached hydrogen (secondary N) is 1. The molecule has 3 aromatic rings. The molecule has 2 aromatic heterocycles. The highest BCUT2D eigenvalue weighted by Gasteiger charge is 2.41. The van der Waals surface area contributed by atoms with Gasteiger partial charge in [-0.2, -0.15) is 0 Å². The normalized spacial score (nSPS) is 18.2. The fraction of sp³-hybridized carbons (Fsp3) is 0.385. The summed E-state index contributed by atoms with van der Waals surface area (Å²) in [6.07, 6.45) is 4.11. The predicted molar refractivity (Wildman–Crippen MR) is 137 cm³/mol. The zero-order chi connectivity index (χ0) is 22.8. The molecule has 32 heavy (non-hydrogen) atoms. The third-order valence-electron chi connectivity index (χ3n) is 6.36. The van der Waals surface area contributed by atoms with Crippen LogP contribution in [0.5, 0.6) is 0 Å². The van der Waals surface area contributed by atoms with Gasteiger partial charge in [-0.1, -0.05) is 19.4 Å². The van der Waals surface area contributed by atoms with E-state index in [1.165, 1.54) is 28.3 Å². The molecule has 0 unspecified atom stereocenters. The number of unbranched alkanes of at least 4 members (excludes halogenated alkanes) is 1. The first-order valence-corrected chi connectivity index (χ1v) is 11.8. The minimum Gasteiger partial charge on any atom is -0.378 e. The van der Waals surface area contributed by atoms with E-state index in [2.05, 4.69) is 102 Å². The summed E-state index contributed by atoms with van der Waals surface area (Å²) >= 11 is 5.80. The molecule has 0 spiro atoms. The second-order valence-electron chi connectivity index (χ2n) is 8.75. The van der Waals surface area contributed by atoms with Gasteiger partial charge < -0.3 is 19.7 Å². The summed E-state index contributed by atoms with van der Waals surface area (Å²) in [5.74, 6) is 0. The van der Waals surface area contributed by atoms with Crippen molar-refractivity contribution in [2.24, 2.45) is 0 Å². The number of aryl methyl sites for hydroxylation is 1. The van der Waals surface area contributed by atoms with E-state index >= 15 is 0 Å². The van der Waals surface area contributed by atoms with E-state index < -0.39 is 0 Å². The molecule has 1 aliphatic rings. The molecular formula is C26H33N5S. The molecular weight excluding hydrogens is 414 g/mol. The van der Waals surface area contributed by atoms with Crippen LogP contribution < -0.4 is 10.2 Å². The maximum absolute atomic E-state index is 5.80. The Kier molecular flexibility index (Phi) is 6.51. The lowest BCUT2D eigenvalue weighted by molar-refractivity contribution is 0.312. The van der Waals surface area contributed by atoms with Crippen molar-refractivity contribution in [3.63, 3.8) is 0 Å². The van der Waals surface area contributed by atoms with Gasteiger partial charge in [0.1, 0.15) is 0 Å². The Balaban J connectivity index is 1.78. The minimum atomic E-state index is 0.0330. The van der Waals surface area contributed by atoms with Gasteiger partial charge in [-0.05, 0) is 80.5 Å². The minimum absolute atomic E-state index is 0.0330. The number of benzene rings is 1. The molecule has 1 aromatic carbocycles. The highest BCUT2D eigenvalue weighted by molar-refractivity contribution is 7.80. The maximum Gasteiger partial charge on any atom is 0.170 e. The van der Waals surface area contributed by atoms with Gasteiger partial charge in [0, 0.05) is 49.6 Å². The third kappa shape index (κ3) is 4.11. The summed E-state index contributed by atoms with van der Waals surface area (Å²) in [5, 5.41) is 4.39. The Morgan fingerprint density at radius 3 is 2.47 bits per heavy atom. The quantitative estimate of drug-likeness (QED) is 0.496. The van der Waals surface area contributed by atoms with E-state index in [1.54, 1.807) is 0 Å². The molecule has 5 nitrogen and oxygen atoms in total. The highest BCUT2D eigenvalue weighted by Crippen LogP contribution is 2.41. The van der Waals surface area contributed by atoms with Crippen molar-refractivity contribution in [2.45, 2.75) is 45.7 Å². The van der Waals surface area contributed by atoms with E-state index in [0.29, 0.717) is 0 Å². The van der Waals surface area contributed by atoms with E-state index in [0.717, 1.165) is 30.2 Å². The lowest BCUT2D eigenvalue weighted by Crippen LogP contribution is -2.30. The van der Waals surface area contributed by atoms with Gasteiger partial charge in [0.05, 0.1) is 17.8 Å². The fourth-order valence-electron chi connectivity index (χ4n) is 4.70. The highest BCUT2D eigenvalue weighted by atomic mass is 32.1. The van der Waals surface area contributed by atoms with Crippen molar-refractivity contribution < 1.29 is 0 Å². The molecule has 4 rings (SSSR count). The molecule has 0 saturated carbocycles. The predicted octanol–water partition coefficient (Wildman–Crippen LogP) is 5.33. The van der Waals surface area contributed by atoms with Crippen LogP contribution in [0.4, 0.5) is 5.69 Å². The number of aromatic nitrogens is 2. The molecule has 0 bridgehead atoms. The van der Waals surface area contributed by atoms with Crippen molar-refractivity contribution >= 4 is 23.0 Å². The van der Waals surface area contributed by atoms with Gasteiger partial charge >= 0.3 is 0 Å². The van der Waals surface area contributed by atoms with Gasteiger partial charge in [-0.25, -0.2) is 0 Å². The maximum atomic E-state index is 5.80. The smallest absolute Gasteiger partial charge is 0.170 e. The number of rotatable bonds is 7. The average Bonchev–Trinajstić information content (AvgIpc) is 3.27. The molecule has 168 valence electrons. The lowest BCUT2D eigenvalue weighted by Gasteiger charge is -2.28. The van der Waals surface area contributed by atoms with Crippen LogP contribution >= 0.6 is 12.2 Å². The first-order chi connectivity index (χ1) is 15.4. The van der Waals surface area contributed by atoms with E-state index in [4.69, 9.17) is 12.2 Å². The van der Waals surface area contributed by atoms with Crippen LogP contribution in [-0.2, 0) is 0 Å². The molecule has 3 heterocycles. The summed E-state index contributed by atoms with van der Waals surface area (Å²) < 4.78 is 2.35. The molecule has 1 aliphatic heterocycles. The van der Waals surface area contributed by atoms with Gasteiger partial charge in [-0.15, -0.1) is 0 Å². The van der Waals surface area contributed by atoms with Crippen LogP contribution in [0, 0.1) is 13.8 Å². The van der Waals surface area contributed by atoms with Crippen LogP contribution in [0.2, 0.25) is 0 Å². The van der Waals surface area contributed by atoms with Crippen molar-refractivity contribution in [2.75, 3.05) is 25.5 Å². The summed E-state index contributed by atoms with van der Waals surface area (Å²) in [7, 11) is 4.13. The monoisotopic (exact) mass is 447 g/mol. The van der Waals surface area contributed by atoms with Gasteiger partial charge in [0.15, 0.2) is 5.11 Å². The summed E-state index contributed by atoms with van der Waals surface area (Å²) in [6, 6.07) is 17.3. The summed E-state index contributed by atoms with van der Waals surface area (Å²) in [4.78, 5) is 9.15. The zero-order valence-corrected chi connectivity index (χ0v) is 20.5. The molecule has 1 saturated heterocycles. The Morgan fingerprint density at radius 2 is 1.84 bits per heavy atom.